The first-order valence-corrected chi connectivity index (χ1v) is 8.32. The molecule has 0 fully saturated rings. The number of nitrogens with one attached hydrogen (secondary N) is 2. The van der Waals surface area contributed by atoms with Crippen LogP contribution in [0.25, 0.3) is 5.69 Å². The van der Waals surface area contributed by atoms with Gasteiger partial charge in [0.2, 0.25) is 5.43 Å². The normalized spacial score (nSPS) is 10.4. The van der Waals surface area contributed by atoms with E-state index in [4.69, 9.17) is 4.42 Å². The van der Waals surface area contributed by atoms with E-state index in [0.717, 1.165) is 5.69 Å². The maximum Gasteiger partial charge on any atom is 0.287 e. The average Bonchev–Trinajstić information content (AvgIpc) is 3.20. The number of hydrogen-bond acceptors (Lipinski definition) is 5. The zero-order chi connectivity index (χ0) is 19.2. The summed E-state index contributed by atoms with van der Waals surface area (Å²) in [5, 5.41) is 9.37. The van der Waals surface area contributed by atoms with Gasteiger partial charge in [0.1, 0.15) is 0 Å². The molecule has 0 atom stereocenters. The van der Waals surface area contributed by atoms with Crippen molar-refractivity contribution in [1.29, 1.82) is 0 Å². The highest BCUT2D eigenvalue weighted by Crippen LogP contribution is 2.07. The number of carbonyl (C=O) groups excluding carboxylic acids is 2. The Morgan fingerprint density at radius 1 is 1.04 bits per heavy atom. The second-order valence-corrected chi connectivity index (χ2v) is 5.74. The lowest BCUT2D eigenvalue weighted by atomic mass is 10.2. The molecule has 1 aromatic carbocycles. The van der Waals surface area contributed by atoms with E-state index in [2.05, 4.69) is 15.7 Å². The van der Waals surface area contributed by atoms with Gasteiger partial charge in [-0.1, -0.05) is 18.2 Å². The van der Waals surface area contributed by atoms with Gasteiger partial charge in [0.05, 0.1) is 12.0 Å². The predicted molar refractivity (Wildman–Crippen MR) is 97.9 cm³/mol. The number of para-hydroxylation sites is 1. The van der Waals surface area contributed by atoms with Gasteiger partial charge in [-0.25, -0.2) is 4.68 Å². The minimum absolute atomic E-state index is 0.144. The molecule has 0 radical (unpaired) electrons. The molecule has 0 bridgehead atoms. The second kappa shape index (κ2) is 8.13. The summed E-state index contributed by atoms with van der Waals surface area (Å²) in [4.78, 5) is 36.2. The summed E-state index contributed by atoms with van der Waals surface area (Å²) < 4.78 is 6.51. The standard InChI is InChI=1S/C19H18N4O4/c1-13-12-15(24)17(22-23(13)14-6-3-2-4-7-14)19(26)21-10-9-20-18(25)16-8-5-11-27-16/h2-8,11-12H,9-10H2,1H3,(H,20,25)(H,21,26). The molecule has 0 saturated heterocycles. The lowest BCUT2D eigenvalue weighted by molar-refractivity contribution is 0.0908. The van der Waals surface area contributed by atoms with Gasteiger partial charge in [-0.05, 0) is 31.2 Å². The van der Waals surface area contributed by atoms with Crippen LogP contribution in [0.3, 0.4) is 0 Å². The fourth-order valence-electron chi connectivity index (χ4n) is 2.47. The predicted octanol–water partition coefficient (Wildman–Crippen LogP) is 1.29. The van der Waals surface area contributed by atoms with Crippen molar-refractivity contribution in [2.45, 2.75) is 6.92 Å². The molecule has 2 N–H and O–H groups in total. The first-order chi connectivity index (χ1) is 13.1. The largest absolute Gasteiger partial charge is 0.459 e. The minimum atomic E-state index is -0.600. The fraction of sp³-hybridized carbons (Fsp3) is 0.158. The summed E-state index contributed by atoms with van der Waals surface area (Å²) >= 11 is 0. The molecule has 27 heavy (non-hydrogen) atoms. The summed E-state index contributed by atoms with van der Waals surface area (Å²) in [7, 11) is 0. The molecular weight excluding hydrogens is 348 g/mol. The van der Waals surface area contributed by atoms with E-state index in [-0.39, 0.29) is 30.5 Å². The summed E-state index contributed by atoms with van der Waals surface area (Å²) in [5.74, 6) is -0.793. The number of carbonyl (C=O) groups is 2. The van der Waals surface area contributed by atoms with Crippen molar-refractivity contribution in [1.82, 2.24) is 20.4 Å². The van der Waals surface area contributed by atoms with Crippen molar-refractivity contribution in [3.05, 3.63) is 82.2 Å². The quantitative estimate of drug-likeness (QED) is 0.640. The summed E-state index contributed by atoms with van der Waals surface area (Å²) in [6.45, 7) is 2.07. The van der Waals surface area contributed by atoms with Crippen LogP contribution in [-0.2, 0) is 0 Å². The molecule has 3 aromatic rings. The van der Waals surface area contributed by atoms with Crippen molar-refractivity contribution in [2.24, 2.45) is 0 Å². The lowest BCUT2D eigenvalue weighted by Gasteiger charge is -2.11. The van der Waals surface area contributed by atoms with Crippen LogP contribution in [0.4, 0.5) is 0 Å². The van der Waals surface area contributed by atoms with Gasteiger partial charge >= 0.3 is 0 Å². The zero-order valence-corrected chi connectivity index (χ0v) is 14.6. The van der Waals surface area contributed by atoms with Gasteiger partial charge in [-0.2, -0.15) is 5.10 Å². The number of rotatable bonds is 6. The number of amides is 2. The van der Waals surface area contributed by atoms with Crippen LogP contribution < -0.4 is 16.1 Å². The Morgan fingerprint density at radius 2 is 1.74 bits per heavy atom. The number of aryl methyl sites for hydroxylation is 1. The monoisotopic (exact) mass is 366 g/mol. The van der Waals surface area contributed by atoms with E-state index in [1.807, 2.05) is 30.3 Å². The Morgan fingerprint density at radius 3 is 2.41 bits per heavy atom. The van der Waals surface area contributed by atoms with E-state index in [1.165, 1.54) is 23.1 Å². The van der Waals surface area contributed by atoms with Crippen LogP contribution in [0.2, 0.25) is 0 Å². The maximum atomic E-state index is 12.3. The van der Waals surface area contributed by atoms with E-state index in [0.29, 0.717) is 5.69 Å². The van der Waals surface area contributed by atoms with Gasteiger partial charge in [0, 0.05) is 24.8 Å². The number of furan rings is 1. The third kappa shape index (κ3) is 4.30. The van der Waals surface area contributed by atoms with Crippen LogP contribution in [-0.4, -0.2) is 34.7 Å². The van der Waals surface area contributed by atoms with Gasteiger partial charge in [-0.3, -0.25) is 14.4 Å². The van der Waals surface area contributed by atoms with Crippen LogP contribution in [0.5, 0.6) is 0 Å². The number of hydrogen-bond donors (Lipinski definition) is 2. The maximum absolute atomic E-state index is 12.3. The number of nitrogens with zero attached hydrogens (tertiary/aromatic N) is 2. The number of aromatic nitrogens is 2. The molecule has 0 aliphatic rings. The Kier molecular flexibility index (Phi) is 5.46. The highest BCUT2D eigenvalue weighted by Gasteiger charge is 2.15. The average molecular weight is 366 g/mol. The molecule has 138 valence electrons. The molecule has 8 heteroatoms. The molecule has 2 heterocycles. The Labute approximate surface area is 154 Å². The summed E-state index contributed by atoms with van der Waals surface area (Å²) in [5.41, 5.74) is 0.696. The zero-order valence-electron chi connectivity index (χ0n) is 14.6. The van der Waals surface area contributed by atoms with E-state index in [1.54, 1.807) is 13.0 Å². The van der Waals surface area contributed by atoms with Crippen LogP contribution in [0, 0.1) is 6.92 Å². The molecule has 0 unspecified atom stereocenters. The molecular formula is C19H18N4O4. The van der Waals surface area contributed by atoms with Crippen molar-refractivity contribution < 1.29 is 14.0 Å². The first-order valence-electron chi connectivity index (χ1n) is 8.32. The van der Waals surface area contributed by atoms with Crippen LogP contribution >= 0.6 is 0 Å². The fourth-order valence-corrected chi connectivity index (χ4v) is 2.47. The SMILES string of the molecule is Cc1cc(=O)c(C(=O)NCCNC(=O)c2ccco2)nn1-c1ccccc1. The smallest absolute Gasteiger partial charge is 0.287 e. The highest BCUT2D eigenvalue weighted by atomic mass is 16.3. The third-order valence-corrected chi connectivity index (χ3v) is 3.76. The second-order valence-electron chi connectivity index (χ2n) is 5.74. The highest BCUT2D eigenvalue weighted by molar-refractivity contribution is 5.92. The van der Waals surface area contributed by atoms with E-state index < -0.39 is 11.3 Å². The molecule has 0 saturated carbocycles. The van der Waals surface area contributed by atoms with Crippen molar-refractivity contribution >= 4 is 11.8 Å². The van der Waals surface area contributed by atoms with E-state index in [9.17, 15) is 14.4 Å². The lowest BCUT2D eigenvalue weighted by Crippen LogP contribution is -2.37. The van der Waals surface area contributed by atoms with Crippen LogP contribution in [0.1, 0.15) is 26.7 Å². The molecule has 8 nitrogen and oxygen atoms in total. The summed E-state index contributed by atoms with van der Waals surface area (Å²) in [6, 6.07) is 13.7. The van der Waals surface area contributed by atoms with Gasteiger partial charge in [0.15, 0.2) is 11.5 Å². The third-order valence-electron chi connectivity index (χ3n) is 3.76. The van der Waals surface area contributed by atoms with Gasteiger partial charge in [-0.15, -0.1) is 0 Å². The van der Waals surface area contributed by atoms with Gasteiger partial charge < -0.3 is 15.1 Å². The molecule has 3 rings (SSSR count). The molecule has 2 aromatic heterocycles. The minimum Gasteiger partial charge on any atom is -0.459 e. The Hall–Kier alpha value is -3.68. The molecule has 0 aliphatic carbocycles. The summed E-state index contributed by atoms with van der Waals surface area (Å²) in [6.07, 6.45) is 1.40. The Balaban J connectivity index is 1.64. The van der Waals surface area contributed by atoms with Gasteiger partial charge in [0.25, 0.3) is 11.8 Å². The van der Waals surface area contributed by atoms with E-state index >= 15 is 0 Å². The molecule has 0 spiro atoms. The van der Waals surface area contributed by atoms with Crippen molar-refractivity contribution in [3.8, 4) is 5.69 Å². The topological polar surface area (TPSA) is 106 Å². The van der Waals surface area contributed by atoms with Crippen molar-refractivity contribution in [2.75, 3.05) is 13.1 Å². The first kappa shape index (κ1) is 18.1. The molecule has 2 amide bonds. The van der Waals surface area contributed by atoms with Crippen LogP contribution in [0.15, 0.2) is 64.0 Å². The van der Waals surface area contributed by atoms with Crippen molar-refractivity contribution in [3.63, 3.8) is 0 Å². The Bertz CT molecular complexity index is 994. The number of benzene rings is 1. The molecule has 0 aliphatic heterocycles.